The van der Waals surface area contributed by atoms with Gasteiger partial charge in [0.05, 0.1) is 0 Å². The lowest BCUT2D eigenvalue weighted by Crippen LogP contribution is -2.42. The molecule has 1 aliphatic rings. The van der Waals surface area contributed by atoms with Crippen LogP contribution >= 0.6 is 0 Å². The molecule has 0 saturated heterocycles. The average Bonchev–Trinajstić information content (AvgIpc) is 2.48. The number of amides is 1. The highest BCUT2D eigenvalue weighted by Gasteiger charge is 2.27. The van der Waals surface area contributed by atoms with Crippen LogP contribution in [0.5, 0.6) is 0 Å². The molecular formula is C17H24N2O. The fraction of sp³-hybridized carbons (Fsp3) is 0.529. The van der Waals surface area contributed by atoms with Crippen molar-refractivity contribution in [1.29, 1.82) is 0 Å². The van der Waals surface area contributed by atoms with Crippen LogP contribution in [0.25, 0.3) is 0 Å². The number of aromatic nitrogens is 1. The Kier molecular flexibility index (Phi) is 5.33. The standard InChI is InChI=1S/C17H24N2O/c1-3-4-10-17(20)19(15-8-6-5-7-9-15)16-12-11-14(2)13-18-16/h3,11-13,15H,1,4-10H2,2H3. The van der Waals surface area contributed by atoms with Gasteiger partial charge in [0.1, 0.15) is 5.82 Å². The van der Waals surface area contributed by atoms with Crippen molar-refractivity contribution in [3.05, 3.63) is 36.5 Å². The summed E-state index contributed by atoms with van der Waals surface area (Å²) < 4.78 is 0. The predicted molar refractivity (Wildman–Crippen MR) is 82.8 cm³/mol. The van der Waals surface area contributed by atoms with Gasteiger partial charge in [-0.3, -0.25) is 9.69 Å². The summed E-state index contributed by atoms with van der Waals surface area (Å²) in [5, 5.41) is 0. The number of carbonyl (C=O) groups is 1. The number of hydrogen-bond acceptors (Lipinski definition) is 2. The molecule has 1 aliphatic carbocycles. The number of nitrogens with zero attached hydrogens (tertiary/aromatic N) is 2. The first-order chi connectivity index (χ1) is 9.72. The van der Waals surface area contributed by atoms with Crippen molar-refractivity contribution in [3.8, 4) is 0 Å². The Morgan fingerprint density at radius 3 is 2.75 bits per heavy atom. The number of anilines is 1. The molecule has 1 heterocycles. The second kappa shape index (κ2) is 7.22. The summed E-state index contributed by atoms with van der Waals surface area (Å²) in [4.78, 5) is 18.9. The van der Waals surface area contributed by atoms with Crippen molar-refractivity contribution in [1.82, 2.24) is 4.98 Å². The van der Waals surface area contributed by atoms with Crippen LogP contribution in [-0.4, -0.2) is 16.9 Å². The molecule has 2 rings (SSSR count). The van der Waals surface area contributed by atoms with E-state index >= 15 is 0 Å². The van der Waals surface area contributed by atoms with E-state index in [0.29, 0.717) is 12.5 Å². The van der Waals surface area contributed by atoms with Crippen LogP contribution in [0, 0.1) is 6.92 Å². The van der Waals surface area contributed by atoms with E-state index < -0.39 is 0 Å². The summed E-state index contributed by atoms with van der Waals surface area (Å²) in [5.74, 6) is 0.977. The van der Waals surface area contributed by atoms with Gasteiger partial charge in [0.2, 0.25) is 5.91 Å². The van der Waals surface area contributed by atoms with E-state index in [0.717, 1.165) is 30.6 Å². The molecule has 1 aromatic rings. The minimum absolute atomic E-state index is 0.174. The Hall–Kier alpha value is -1.64. The van der Waals surface area contributed by atoms with Crippen molar-refractivity contribution in [2.75, 3.05) is 4.90 Å². The number of rotatable bonds is 5. The SMILES string of the molecule is C=CCCC(=O)N(c1ccc(C)cn1)C1CCCCC1. The Bertz CT molecular complexity index is 447. The van der Waals surface area contributed by atoms with Crippen LogP contribution < -0.4 is 4.90 Å². The zero-order chi connectivity index (χ0) is 14.4. The molecule has 20 heavy (non-hydrogen) atoms. The third kappa shape index (κ3) is 3.69. The molecule has 108 valence electrons. The Balaban J connectivity index is 2.20. The topological polar surface area (TPSA) is 33.2 Å². The summed E-state index contributed by atoms with van der Waals surface area (Å²) in [5.41, 5.74) is 1.12. The first kappa shape index (κ1) is 14.8. The highest BCUT2D eigenvalue weighted by atomic mass is 16.2. The maximum atomic E-state index is 12.5. The van der Waals surface area contributed by atoms with Crippen LogP contribution in [0.15, 0.2) is 31.0 Å². The van der Waals surface area contributed by atoms with Gasteiger partial charge >= 0.3 is 0 Å². The summed E-state index contributed by atoms with van der Waals surface area (Å²) >= 11 is 0. The molecule has 1 aromatic heterocycles. The molecule has 0 radical (unpaired) electrons. The molecule has 1 amide bonds. The molecular weight excluding hydrogens is 248 g/mol. The smallest absolute Gasteiger partial charge is 0.228 e. The molecule has 3 nitrogen and oxygen atoms in total. The lowest BCUT2D eigenvalue weighted by molar-refractivity contribution is -0.119. The molecule has 0 aliphatic heterocycles. The first-order valence-corrected chi connectivity index (χ1v) is 7.58. The highest BCUT2D eigenvalue weighted by molar-refractivity contribution is 5.93. The summed E-state index contributed by atoms with van der Waals surface area (Å²) in [7, 11) is 0. The van der Waals surface area contributed by atoms with Crippen molar-refractivity contribution in [2.45, 2.75) is 57.9 Å². The van der Waals surface area contributed by atoms with E-state index in [9.17, 15) is 4.79 Å². The fourth-order valence-corrected chi connectivity index (χ4v) is 2.81. The fourth-order valence-electron chi connectivity index (χ4n) is 2.81. The molecule has 0 aromatic carbocycles. The summed E-state index contributed by atoms with van der Waals surface area (Å²) in [6, 6.07) is 4.31. The highest BCUT2D eigenvalue weighted by Crippen LogP contribution is 2.27. The van der Waals surface area contributed by atoms with Gasteiger partial charge in [-0.25, -0.2) is 4.98 Å². The van der Waals surface area contributed by atoms with Gasteiger partial charge in [0, 0.05) is 18.7 Å². The van der Waals surface area contributed by atoms with Gasteiger partial charge in [-0.2, -0.15) is 0 Å². The van der Waals surface area contributed by atoms with Crippen LogP contribution in [-0.2, 0) is 4.79 Å². The van der Waals surface area contributed by atoms with Crippen molar-refractivity contribution in [2.24, 2.45) is 0 Å². The minimum atomic E-state index is 0.174. The molecule has 1 fully saturated rings. The van der Waals surface area contributed by atoms with Crippen LogP contribution in [0.4, 0.5) is 5.82 Å². The normalized spacial score (nSPS) is 15.8. The lowest BCUT2D eigenvalue weighted by Gasteiger charge is -2.33. The molecule has 1 saturated carbocycles. The summed E-state index contributed by atoms with van der Waals surface area (Å²) in [6.07, 6.45) is 10.8. The monoisotopic (exact) mass is 272 g/mol. The van der Waals surface area contributed by atoms with Gasteiger partial charge in [-0.1, -0.05) is 31.4 Å². The summed E-state index contributed by atoms with van der Waals surface area (Å²) in [6.45, 7) is 5.72. The third-order valence-electron chi connectivity index (χ3n) is 3.91. The Labute approximate surface area is 121 Å². The Morgan fingerprint density at radius 2 is 2.15 bits per heavy atom. The molecule has 3 heteroatoms. The van der Waals surface area contributed by atoms with E-state index in [4.69, 9.17) is 0 Å². The second-order valence-corrected chi connectivity index (χ2v) is 5.58. The third-order valence-corrected chi connectivity index (χ3v) is 3.91. The average molecular weight is 272 g/mol. The molecule has 0 spiro atoms. The van der Waals surface area contributed by atoms with Gasteiger partial charge in [-0.05, 0) is 37.8 Å². The van der Waals surface area contributed by atoms with E-state index in [-0.39, 0.29) is 5.91 Å². The van der Waals surface area contributed by atoms with Crippen LogP contribution in [0.1, 0.15) is 50.5 Å². The van der Waals surface area contributed by atoms with E-state index in [1.807, 2.05) is 30.2 Å². The molecule has 0 atom stereocenters. The number of allylic oxidation sites excluding steroid dienone is 1. The Morgan fingerprint density at radius 1 is 1.40 bits per heavy atom. The molecule has 0 unspecified atom stereocenters. The van der Waals surface area contributed by atoms with Gasteiger partial charge in [0.15, 0.2) is 0 Å². The molecule has 0 N–H and O–H groups in total. The minimum Gasteiger partial charge on any atom is -0.294 e. The van der Waals surface area contributed by atoms with E-state index in [2.05, 4.69) is 11.6 Å². The quantitative estimate of drug-likeness (QED) is 0.758. The lowest BCUT2D eigenvalue weighted by atomic mass is 9.93. The van der Waals surface area contributed by atoms with E-state index in [1.165, 1.54) is 19.3 Å². The van der Waals surface area contributed by atoms with Gasteiger partial charge in [0.25, 0.3) is 0 Å². The maximum absolute atomic E-state index is 12.5. The van der Waals surface area contributed by atoms with Crippen LogP contribution in [0.2, 0.25) is 0 Å². The zero-order valence-electron chi connectivity index (χ0n) is 12.3. The predicted octanol–water partition coefficient (Wildman–Crippen LogP) is 4.02. The number of carbonyl (C=O) groups excluding carboxylic acids is 1. The largest absolute Gasteiger partial charge is 0.294 e. The van der Waals surface area contributed by atoms with Gasteiger partial charge < -0.3 is 0 Å². The second-order valence-electron chi connectivity index (χ2n) is 5.58. The van der Waals surface area contributed by atoms with Crippen molar-refractivity contribution in [3.63, 3.8) is 0 Å². The first-order valence-electron chi connectivity index (χ1n) is 7.58. The number of hydrogen-bond donors (Lipinski definition) is 0. The molecule has 0 bridgehead atoms. The number of aryl methyl sites for hydroxylation is 1. The van der Waals surface area contributed by atoms with Crippen molar-refractivity contribution >= 4 is 11.7 Å². The maximum Gasteiger partial charge on any atom is 0.228 e. The van der Waals surface area contributed by atoms with Crippen LogP contribution in [0.3, 0.4) is 0 Å². The van der Waals surface area contributed by atoms with Gasteiger partial charge in [-0.15, -0.1) is 6.58 Å². The van der Waals surface area contributed by atoms with Crippen molar-refractivity contribution < 1.29 is 4.79 Å². The zero-order valence-corrected chi connectivity index (χ0v) is 12.3. The van der Waals surface area contributed by atoms with E-state index in [1.54, 1.807) is 6.08 Å². The number of pyridine rings is 1.